The van der Waals surface area contributed by atoms with Gasteiger partial charge in [0.25, 0.3) is 0 Å². The Balaban J connectivity index is 2.67. The topological polar surface area (TPSA) is 81.8 Å². The molecule has 0 aliphatic heterocycles. The van der Waals surface area contributed by atoms with Gasteiger partial charge in [-0.15, -0.1) is 0 Å². The monoisotopic (exact) mass is 301 g/mol. The van der Waals surface area contributed by atoms with Crippen LogP contribution in [0.2, 0.25) is 5.02 Å². The fraction of sp³-hybridized carbons (Fsp3) is 0.500. The van der Waals surface area contributed by atoms with Gasteiger partial charge in [-0.2, -0.15) is 0 Å². The second-order valence-electron chi connectivity index (χ2n) is 4.39. The lowest BCUT2D eigenvalue weighted by Crippen LogP contribution is -2.15. The molecule has 0 aliphatic rings. The minimum atomic E-state index is -0.781. The van der Waals surface area contributed by atoms with Crippen LogP contribution in [0.4, 0.5) is 4.79 Å². The van der Waals surface area contributed by atoms with Gasteiger partial charge in [0.05, 0.1) is 25.9 Å². The van der Waals surface area contributed by atoms with Gasteiger partial charge in [-0.1, -0.05) is 17.7 Å². The van der Waals surface area contributed by atoms with Gasteiger partial charge in [0.1, 0.15) is 0 Å². The highest BCUT2D eigenvalue weighted by Crippen LogP contribution is 2.28. The summed E-state index contributed by atoms with van der Waals surface area (Å²) in [4.78, 5) is 10.5. The maximum absolute atomic E-state index is 10.5. The van der Waals surface area contributed by atoms with Gasteiger partial charge in [0, 0.05) is 5.02 Å². The number of aliphatic hydroxyl groups is 1. The summed E-state index contributed by atoms with van der Waals surface area (Å²) in [6.07, 6.45) is 0.286. The molecule has 1 amide bonds. The minimum Gasteiger partial charge on any atom is -0.450 e. The summed E-state index contributed by atoms with van der Waals surface area (Å²) in [7, 11) is 0. The Labute approximate surface area is 123 Å². The Bertz CT molecular complexity index is 439. The first-order chi connectivity index (χ1) is 9.54. The lowest BCUT2D eigenvalue weighted by Gasteiger charge is -2.20. The highest BCUT2D eigenvalue weighted by Gasteiger charge is 2.15. The summed E-state index contributed by atoms with van der Waals surface area (Å²) in [5.74, 6) is 0. The van der Waals surface area contributed by atoms with Crippen LogP contribution in [0.15, 0.2) is 18.2 Å². The summed E-state index contributed by atoms with van der Waals surface area (Å²) in [6.45, 7) is 2.41. The molecule has 0 aliphatic carbocycles. The largest absolute Gasteiger partial charge is 0.450 e. The van der Waals surface area contributed by atoms with Crippen LogP contribution in [0, 0.1) is 6.92 Å². The van der Waals surface area contributed by atoms with Crippen LogP contribution in [0.25, 0.3) is 0 Å². The third-order valence-corrected chi connectivity index (χ3v) is 3.09. The standard InChI is InChI=1S/C14H20ClNO4/c1-10-4-5-11(15)9-12(10)13(19-8-6-17)3-2-7-20-14(16)18/h4-5,9,13,17H,2-3,6-8H2,1H3,(H2,16,18). The van der Waals surface area contributed by atoms with Crippen LogP contribution in [-0.4, -0.2) is 31.0 Å². The van der Waals surface area contributed by atoms with Crippen molar-refractivity contribution >= 4 is 17.7 Å². The van der Waals surface area contributed by atoms with Crippen molar-refractivity contribution in [3.05, 3.63) is 34.3 Å². The van der Waals surface area contributed by atoms with E-state index in [1.54, 1.807) is 0 Å². The number of hydrogen-bond donors (Lipinski definition) is 2. The maximum atomic E-state index is 10.5. The van der Waals surface area contributed by atoms with Gasteiger partial charge < -0.3 is 20.3 Å². The van der Waals surface area contributed by atoms with Crippen LogP contribution >= 0.6 is 11.6 Å². The van der Waals surface area contributed by atoms with Crippen molar-refractivity contribution in [1.82, 2.24) is 0 Å². The SMILES string of the molecule is Cc1ccc(Cl)cc1C(CCCOC(N)=O)OCCO. The summed E-state index contributed by atoms with van der Waals surface area (Å²) in [5, 5.41) is 9.53. The molecule has 0 bridgehead atoms. The molecule has 0 saturated carbocycles. The molecule has 0 radical (unpaired) electrons. The number of carbonyl (C=O) groups is 1. The van der Waals surface area contributed by atoms with E-state index in [-0.39, 0.29) is 25.9 Å². The predicted octanol–water partition coefficient (Wildman–Crippen LogP) is 2.57. The van der Waals surface area contributed by atoms with Crippen LogP contribution in [0.1, 0.15) is 30.1 Å². The van der Waals surface area contributed by atoms with Crippen molar-refractivity contribution in [2.75, 3.05) is 19.8 Å². The molecular formula is C14H20ClNO4. The number of nitrogens with two attached hydrogens (primary N) is 1. The van der Waals surface area contributed by atoms with Gasteiger partial charge in [-0.25, -0.2) is 4.79 Å². The van der Waals surface area contributed by atoms with Crippen LogP contribution < -0.4 is 5.73 Å². The molecule has 1 rings (SSSR count). The average molecular weight is 302 g/mol. The van der Waals surface area contributed by atoms with E-state index in [0.29, 0.717) is 17.9 Å². The Kier molecular flexibility index (Phi) is 7.36. The van der Waals surface area contributed by atoms with E-state index >= 15 is 0 Å². The van der Waals surface area contributed by atoms with Crippen molar-refractivity contribution in [1.29, 1.82) is 0 Å². The fourth-order valence-electron chi connectivity index (χ4n) is 1.92. The lowest BCUT2D eigenvalue weighted by atomic mass is 10.00. The van der Waals surface area contributed by atoms with Gasteiger partial charge in [-0.05, 0) is 43.0 Å². The summed E-state index contributed by atoms with van der Waals surface area (Å²) in [5.41, 5.74) is 6.94. The summed E-state index contributed by atoms with van der Waals surface area (Å²) >= 11 is 6.01. The van der Waals surface area contributed by atoms with Gasteiger partial charge in [0.15, 0.2) is 0 Å². The number of benzene rings is 1. The van der Waals surface area contributed by atoms with Gasteiger partial charge in [-0.3, -0.25) is 0 Å². The highest BCUT2D eigenvalue weighted by molar-refractivity contribution is 6.30. The van der Waals surface area contributed by atoms with E-state index < -0.39 is 6.09 Å². The summed E-state index contributed by atoms with van der Waals surface area (Å²) < 4.78 is 10.3. The first-order valence-corrected chi connectivity index (χ1v) is 6.83. The normalized spacial score (nSPS) is 12.2. The van der Waals surface area contributed by atoms with Crippen molar-refractivity contribution in [2.45, 2.75) is 25.9 Å². The molecule has 0 spiro atoms. The molecule has 0 saturated heterocycles. The number of halogens is 1. The van der Waals surface area contributed by atoms with E-state index in [2.05, 4.69) is 0 Å². The smallest absolute Gasteiger partial charge is 0.404 e. The molecule has 20 heavy (non-hydrogen) atoms. The van der Waals surface area contributed by atoms with E-state index in [0.717, 1.165) is 11.1 Å². The van der Waals surface area contributed by atoms with E-state index in [9.17, 15) is 4.79 Å². The average Bonchev–Trinajstić information content (AvgIpc) is 2.41. The molecular weight excluding hydrogens is 282 g/mol. The third kappa shape index (κ3) is 5.77. The molecule has 1 atom stereocenters. The zero-order valence-corrected chi connectivity index (χ0v) is 12.2. The molecule has 1 aromatic rings. The quantitative estimate of drug-likeness (QED) is 0.723. The minimum absolute atomic E-state index is 0.0477. The van der Waals surface area contributed by atoms with Crippen LogP contribution in [0.5, 0.6) is 0 Å². The Morgan fingerprint density at radius 2 is 2.20 bits per heavy atom. The molecule has 0 fully saturated rings. The number of aryl methyl sites for hydroxylation is 1. The zero-order chi connectivity index (χ0) is 15.0. The van der Waals surface area contributed by atoms with Crippen molar-refractivity contribution in [3.63, 3.8) is 0 Å². The predicted molar refractivity (Wildman–Crippen MR) is 76.7 cm³/mol. The highest BCUT2D eigenvalue weighted by atomic mass is 35.5. The molecule has 6 heteroatoms. The molecule has 1 aromatic carbocycles. The van der Waals surface area contributed by atoms with E-state index in [1.807, 2.05) is 25.1 Å². The van der Waals surface area contributed by atoms with E-state index in [1.165, 1.54) is 0 Å². The molecule has 5 nitrogen and oxygen atoms in total. The number of ether oxygens (including phenoxy) is 2. The van der Waals surface area contributed by atoms with Crippen molar-refractivity contribution < 1.29 is 19.4 Å². The number of carbonyl (C=O) groups excluding carboxylic acids is 1. The second kappa shape index (κ2) is 8.79. The second-order valence-corrected chi connectivity index (χ2v) is 4.83. The maximum Gasteiger partial charge on any atom is 0.404 e. The molecule has 3 N–H and O–H groups in total. The number of amides is 1. The Morgan fingerprint density at radius 3 is 2.85 bits per heavy atom. The molecule has 0 aromatic heterocycles. The molecule has 112 valence electrons. The fourth-order valence-corrected chi connectivity index (χ4v) is 2.10. The lowest BCUT2D eigenvalue weighted by molar-refractivity contribution is 0.0186. The van der Waals surface area contributed by atoms with Crippen LogP contribution in [-0.2, 0) is 9.47 Å². The zero-order valence-electron chi connectivity index (χ0n) is 11.5. The molecule has 1 unspecified atom stereocenters. The summed E-state index contributed by atoms with van der Waals surface area (Å²) in [6, 6.07) is 5.60. The Hall–Kier alpha value is -1.30. The Morgan fingerprint density at radius 1 is 1.45 bits per heavy atom. The first-order valence-electron chi connectivity index (χ1n) is 6.45. The third-order valence-electron chi connectivity index (χ3n) is 2.85. The van der Waals surface area contributed by atoms with E-state index in [4.69, 9.17) is 31.9 Å². The van der Waals surface area contributed by atoms with Crippen molar-refractivity contribution in [3.8, 4) is 0 Å². The van der Waals surface area contributed by atoms with Crippen LogP contribution in [0.3, 0.4) is 0 Å². The number of primary amides is 1. The number of hydrogen-bond acceptors (Lipinski definition) is 4. The number of rotatable bonds is 8. The van der Waals surface area contributed by atoms with Crippen molar-refractivity contribution in [2.24, 2.45) is 5.73 Å². The molecule has 0 heterocycles. The number of aliphatic hydroxyl groups excluding tert-OH is 1. The van der Waals surface area contributed by atoms with Gasteiger partial charge in [0.2, 0.25) is 0 Å². The van der Waals surface area contributed by atoms with Gasteiger partial charge >= 0.3 is 6.09 Å². The first kappa shape index (κ1) is 16.8.